The zero-order valence-corrected chi connectivity index (χ0v) is 32.1. The molecule has 12 nitrogen and oxygen atoms in total. The third kappa shape index (κ3) is 11.6. The van der Waals surface area contributed by atoms with Crippen molar-refractivity contribution < 1.29 is 47.0 Å². The van der Waals surface area contributed by atoms with Gasteiger partial charge in [0.05, 0.1) is 5.56 Å². The lowest BCUT2D eigenvalue weighted by molar-refractivity contribution is -0.142. The van der Waals surface area contributed by atoms with Crippen LogP contribution in [-0.2, 0) is 60.6 Å². The summed E-state index contributed by atoms with van der Waals surface area (Å²) in [7, 11) is 0. The average molecular weight is 822 g/mol. The fourth-order valence-electron chi connectivity index (χ4n) is 6.93. The molecule has 2 aliphatic rings. The predicted molar refractivity (Wildman–Crippen MR) is 216 cm³/mol. The third-order valence-corrected chi connectivity index (χ3v) is 10.1. The quantitative estimate of drug-likeness (QED) is 0.127. The highest BCUT2D eigenvalue weighted by atomic mass is 19.4. The van der Waals surface area contributed by atoms with Crippen molar-refractivity contribution in [3.63, 3.8) is 0 Å². The second-order valence-electron chi connectivity index (χ2n) is 14.5. The van der Waals surface area contributed by atoms with Crippen LogP contribution in [0.3, 0.4) is 0 Å². The molecule has 4 atom stereocenters. The number of carboxylic acids is 1. The van der Waals surface area contributed by atoms with Crippen molar-refractivity contribution in [1.82, 2.24) is 21.3 Å². The second kappa shape index (κ2) is 19.1. The van der Waals surface area contributed by atoms with Crippen LogP contribution in [0.4, 0.5) is 18.9 Å². The van der Waals surface area contributed by atoms with Crippen LogP contribution in [0.2, 0.25) is 0 Å². The Hall–Kier alpha value is -7.03. The molecule has 0 aliphatic carbocycles. The van der Waals surface area contributed by atoms with E-state index in [0.29, 0.717) is 22.4 Å². The van der Waals surface area contributed by atoms with Gasteiger partial charge in [0.1, 0.15) is 24.2 Å². The van der Waals surface area contributed by atoms with E-state index < -0.39 is 71.4 Å². The molecule has 60 heavy (non-hydrogen) atoms. The van der Waals surface area contributed by atoms with E-state index >= 15 is 0 Å². The number of fused-ring (bicyclic) bond motifs is 19. The molecule has 2 heterocycles. The van der Waals surface area contributed by atoms with Crippen molar-refractivity contribution in [2.75, 3.05) is 5.32 Å². The molecule has 0 aromatic heterocycles. The van der Waals surface area contributed by atoms with Gasteiger partial charge in [-0.2, -0.15) is 13.2 Å². The maximum atomic E-state index is 14.4. The normalized spacial score (nSPS) is 19.9. The first-order valence-corrected chi connectivity index (χ1v) is 19.2. The summed E-state index contributed by atoms with van der Waals surface area (Å²) in [6.45, 7) is 0. The molecule has 7 rings (SSSR count). The molecule has 5 aromatic rings. The van der Waals surface area contributed by atoms with Gasteiger partial charge in [-0.3, -0.25) is 24.0 Å². The van der Waals surface area contributed by atoms with Gasteiger partial charge in [0.25, 0.3) is 0 Å². The molecule has 5 aromatic carbocycles. The molecule has 0 fully saturated rings. The van der Waals surface area contributed by atoms with Gasteiger partial charge in [-0.25, -0.2) is 4.79 Å². The molecular weight excluding hydrogens is 780 g/mol. The zero-order chi connectivity index (χ0) is 42.8. The Morgan fingerprint density at radius 1 is 0.583 bits per heavy atom. The van der Waals surface area contributed by atoms with E-state index in [-0.39, 0.29) is 44.1 Å². The van der Waals surface area contributed by atoms with Crippen molar-refractivity contribution in [2.45, 2.75) is 68.9 Å². The zero-order valence-electron chi connectivity index (χ0n) is 32.1. The lowest BCUT2D eigenvalue weighted by Gasteiger charge is -2.27. The molecule has 0 unspecified atom stereocenters. The Bertz CT molecular complexity index is 2350. The average Bonchev–Trinajstić information content (AvgIpc) is 3.22. The third-order valence-electron chi connectivity index (χ3n) is 10.1. The second-order valence-corrected chi connectivity index (χ2v) is 14.5. The molecule has 2 bridgehead atoms. The van der Waals surface area contributed by atoms with E-state index in [4.69, 9.17) is 0 Å². The maximum Gasteiger partial charge on any atom is 0.416 e. The molecule has 0 spiro atoms. The number of rotatable bonds is 7. The number of halogens is 3. The first-order chi connectivity index (χ1) is 28.7. The molecule has 5 amide bonds. The van der Waals surface area contributed by atoms with Gasteiger partial charge in [-0.15, -0.1) is 0 Å². The maximum absolute atomic E-state index is 14.4. The fraction of sp³-hybridized carbons (Fsp3) is 0.244. The van der Waals surface area contributed by atoms with Crippen LogP contribution >= 0.6 is 0 Å². The van der Waals surface area contributed by atoms with Crippen LogP contribution in [0.5, 0.6) is 0 Å². The van der Waals surface area contributed by atoms with Gasteiger partial charge >= 0.3 is 12.1 Å². The summed E-state index contributed by atoms with van der Waals surface area (Å²) < 4.78 is 40.4. The smallest absolute Gasteiger partial charge is 0.416 e. The molecule has 2 aliphatic heterocycles. The highest BCUT2D eigenvalue weighted by Crippen LogP contribution is 2.29. The van der Waals surface area contributed by atoms with Crippen molar-refractivity contribution in [3.05, 3.63) is 149 Å². The highest BCUT2D eigenvalue weighted by Gasteiger charge is 2.34. The molecule has 0 radical (unpaired) electrons. The van der Waals surface area contributed by atoms with Gasteiger partial charge < -0.3 is 31.7 Å². The summed E-state index contributed by atoms with van der Waals surface area (Å²) in [6.07, 6.45) is -5.85. The van der Waals surface area contributed by atoms with Crippen molar-refractivity contribution >= 4 is 52.0 Å². The fourth-order valence-corrected chi connectivity index (χ4v) is 6.93. The number of hydrogen-bond acceptors (Lipinski definition) is 6. The summed E-state index contributed by atoms with van der Waals surface area (Å²) in [5.41, 5.74) is 1.47. The van der Waals surface area contributed by atoms with Crippen LogP contribution < -0.4 is 26.6 Å². The highest BCUT2D eigenvalue weighted by molar-refractivity contribution is 5.97. The number of carbonyl (C=O) groups is 6. The summed E-state index contributed by atoms with van der Waals surface area (Å²) in [4.78, 5) is 81.4. The monoisotopic (exact) mass is 821 g/mol. The van der Waals surface area contributed by atoms with Crippen LogP contribution in [0.25, 0.3) is 10.8 Å². The minimum absolute atomic E-state index is 0.0539. The first-order valence-electron chi connectivity index (χ1n) is 19.2. The van der Waals surface area contributed by atoms with Crippen molar-refractivity contribution in [3.8, 4) is 0 Å². The van der Waals surface area contributed by atoms with Gasteiger partial charge in [0.2, 0.25) is 29.5 Å². The van der Waals surface area contributed by atoms with E-state index in [9.17, 15) is 47.0 Å². The summed E-state index contributed by atoms with van der Waals surface area (Å²) in [5, 5.41) is 25.0. The Morgan fingerprint density at radius 2 is 1.13 bits per heavy atom. The standard InChI is InChI=1S/C45H42F3N5O7/c46-45(47,48)32-17-13-28(14-18-32)24-36-41(56)51-35(23-27-7-2-1-3-8-27)42(57)53-38(44(59)60)25-29-15-19-33(20-16-29)49-39(54)21-22-40(55)50-37(43(58)52-36)26-31-11-6-10-30-9-4-5-12-34(30)31/h1-20,35-38H,21-26H2,(H,49,54)(H,50,55)(H,51,56)(H,52,58)(H,53,57)(H,59,60)/t35-,36+,37-,38+/m1/s1. The molecule has 6 N–H and O–H groups in total. The van der Waals surface area contributed by atoms with E-state index in [0.717, 1.165) is 22.9 Å². The lowest BCUT2D eigenvalue weighted by atomic mass is 9.97. The number of amides is 5. The van der Waals surface area contributed by atoms with Gasteiger partial charge in [-0.1, -0.05) is 97.1 Å². The van der Waals surface area contributed by atoms with Crippen LogP contribution in [0.15, 0.2) is 121 Å². The van der Waals surface area contributed by atoms with Crippen LogP contribution in [0, 0.1) is 0 Å². The van der Waals surface area contributed by atoms with Gasteiger partial charge in [0, 0.05) is 44.2 Å². The number of hydrogen-bond donors (Lipinski definition) is 6. The minimum Gasteiger partial charge on any atom is -0.480 e. The molecule has 310 valence electrons. The van der Waals surface area contributed by atoms with E-state index in [1.54, 1.807) is 66.7 Å². The molecule has 15 heteroatoms. The van der Waals surface area contributed by atoms with Gasteiger partial charge in [-0.05, 0) is 57.3 Å². The lowest BCUT2D eigenvalue weighted by Crippen LogP contribution is -2.59. The largest absolute Gasteiger partial charge is 0.480 e. The number of aliphatic carboxylic acids is 1. The SMILES string of the molecule is O=C1CCC(=O)N[C@H](Cc2cccc3ccccc23)C(=O)N[C@@H](Cc2ccc(C(F)(F)F)cc2)C(=O)N[C@H](Cc2ccccc2)C(=O)N[C@H](C(=O)O)Cc2ccc(cc2)N1. The van der Waals surface area contributed by atoms with Gasteiger partial charge in [0.15, 0.2) is 0 Å². The Morgan fingerprint density at radius 3 is 1.77 bits per heavy atom. The number of benzene rings is 5. The molecule has 0 saturated carbocycles. The predicted octanol–water partition coefficient (Wildman–Crippen LogP) is 4.89. The topological polar surface area (TPSA) is 183 Å². The molecular formula is C45H42F3N5O7. The summed E-state index contributed by atoms with van der Waals surface area (Å²) in [6, 6.07) is 26.1. The Balaban J connectivity index is 1.38. The van der Waals surface area contributed by atoms with Crippen LogP contribution in [-0.4, -0.2) is 64.8 Å². The Labute approximate surface area is 342 Å². The number of carbonyl (C=O) groups excluding carboxylic acids is 5. The van der Waals surface area contributed by atoms with Crippen molar-refractivity contribution in [2.24, 2.45) is 0 Å². The first kappa shape index (κ1) is 42.6. The minimum atomic E-state index is -4.63. The summed E-state index contributed by atoms with van der Waals surface area (Å²) >= 11 is 0. The number of carboxylic acid groups (broad SMARTS) is 1. The number of alkyl halides is 3. The molecule has 0 saturated heterocycles. The van der Waals surface area contributed by atoms with E-state index in [1.807, 2.05) is 30.3 Å². The number of anilines is 1. The summed E-state index contributed by atoms with van der Waals surface area (Å²) in [5.74, 6) is -5.09. The van der Waals surface area contributed by atoms with Crippen molar-refractivity contribution in [1.29, 1.82) is 0 Å². The number of nitrogens with one attached hydrogen (secondary N) is 5. The van der Waals surface area contributed by atoms with E-state index in [1.165, 1.54) is 12.1 Å². The van der Waals surface area contributed by atoms with E-state index in [2.05, 4.69) is 26.6 Å². The Kier molecular flexibility index (Phi) is 13.6. The van der Waals surface area contributed by atoms with Crippen LogP contribution in [0.1, 0.15) is 40.7 Å².